The van der Waals surface area contributed by atoms with E-state index in [1.807, 2.05) is 0 Å². The van der Waals surface area contributed by atoms with E-state index in [1.165, 1.54) is 25.7 Å². The van der Waals surface area contributed by atoms with Crippen molar-refractivity contribution in [3.05, 3.63) is 0 Å². The van der Waals surface area contributed by atoms with E-state index in [-0.39, 0.29) is 5.41 Å². The molecule has 0 aromatic carbocycles. The van der Waals surface area contributed by atoms with E-state index < -0.39 is 5.60 Å². The maximum Gasteiger partial charge on any atom is 0.0748 e. The fraction of sp³-hybridized carbons (Fsp3) is 1.00. The Hall–Kier alpha value is -0.0800. The normalized spacial score (nSPS) is 46.6. The van der Waals surface area contributed by atoms with Crippen LogP contribution in [-0.4, -0.2) is 17.3 Å². The summed E-state index contributed by atoms with van der Waals surface area (Å²) in [6.07, 6.45) is 8.11. The molecule has 2 nitrogen and oxygen atoms in total. The molecule has 118 valence electrons. The molecule has 20 heavy (non-hydrogen) atoms. The summed E-state index contributed by atoms with van der Waals surface area (Å²) in [4.78, 5) is 0. The van der Waals surface area contributed by atoms with Crippen molar-refractivity contribution in [1.82, 2.24) is 0 Å². The number of nitrogens with two attached hydrogens (primary N) is 1. The van der Waals surface area contributed by atoms with E-state index in [1.54, 1.807) is 0 Å². The molecule has 3 unspecified atom stereocenters. The fourth-order valence-electron chi connectivity index (χ4n) is 5.11. The zero-order valence-electron chi connectivity index (χ0n) is 14.0. The van der Waals surface area contributed by atoms with E-state index in [0.717, 1.165) is 25.2 Å². The van der Waals surface area contributed by atoms with Gasteiger partial charge in [-0.1, -0.05) is 47.0 Å². The van der Waals surface area contributed by atoms with Gasteiger partial charge < -0.3 is 10.8 Å². The standard InChI is InChI=1S/C18H35NO/c1-13(2)16-6-5-15(4)11-18(16,20)17(12-19)9-7-14(3)8-10-17/h13-16,20H,5-12,19H2,1-4H3. The summed E-state index contributed by atoms with van der Waals surface area (Å²) in [6, 6.07) is 0. The molecule has 3 N–H and O–H groups in total. The minimum Gasteiger partial charge on any atom is -0.389 e. The van der Waals surface area contributed by atoms with Crippen LogP contribution in [0.15, 0.2) is 0 Å². The quantitative estimate of drug-likeness (QED) is 0.822. The Bertz CT molecular complexity index is 319. The fourth-order valence-corrected chi connectivity index (χ4v) is 5.11. The van der Waals surface area contributed by atoms with Gasteiger partial charge in [0.15, 0.2) is 0 Å². The van der Waals surface area contributed by atoms with Crippen molar-refractivity contribution in [2.75, 3.05) is 6.54 Å². The van der Waals surface area contributed by atoms with Gasteiger partial charge in [0.1, 0.15) is 0 Å². The van der Waals surface area contributed by atoms with Crippen molar-refractivity contribution in [1.29, 1.82) is 0 Å². The third-order valence-electron chi connectivity index (χ3n) is 6.59. The average Bonchev–Trinajstić information content (AvgIpc) is 2.39. The van der Waals surface area contributed by atoms with E-state index in [2.05, 4.69) is 27.7 Å². The van der Waals surface area contributed by atoms with Crippen molar-refractivity contribution < 1.29 is 5.11 Å². The second-order valence-electron chi connectivity index (χ2n) is 8.33. The predicted molar refractivity (Wildman–Crippen MR) is 85.4 cm³/mol. The highest BCUT2D eigenvalue weighted by Gasteiger charge is 2.56. The molecule has 0 aromatic heterocycles. The molecule has 0 heterocycles. The zero-order chi connectivity index (χ0) is 15.0. The highest BCUT2D eigenvalue weighted by atomic mass is 16.3. The maximum atomic E-state index is 11.8. The Morgan fingerprint density at radius 2 is 1.65 bits per heavy atom. The van der Waals surface area contributed by atoms with Crippen LogP contribution in [0.25, 0.3) is 0 Å². The van der Waals surface area contributed by atoms with Crippen LogP contribution in [0.1, 0.15) is 72.6 Å². The van der Waals surface area contributed by atoms with Gasteiger partial charge in [0.05, 0.1) is 5.60 Å². The second-order valence-corrected chi connectivity index (χ2v) is 8.33. The summed E-state index contributed by atoms with van der Waals surface area (Å²) in [5, 5.41) is 11.8. The molecule has 0 amide bonds. The van der Waals surface area contributed by atoms with Gasteiger partial charge in [0.2, 0.25) is 0 Å². The lowest BCUT2D eigenvalue weighted by Crippen LogP contribution is -2.61. The second kappa shape index (κ2) is 5.96. The van der Waals surface area contributed by atoms with Crippen LogP contribution in [0.4, 0.5) is 0 Å². The molecule has 0 saturated heterocycles. The molecule has 2 saturated carbocycles. The summed E-state index contributed by atoms with van der Waals surface area (Å²) in [5.41, 5.74) is 5.69. The van der Waals surface area contributed by atoms with Gasteiger partial charge in [-0.3, -0.25) is 0 Å². The van der Waals surface area contributed by atoms with E-state index in [4.69, 9.17) is 5.73 Å². The van der Waals surface area contributed by atoms with Crippen LogP contribution in [0.3, 0.4) is 0 Å². The topological polar surface area (TPSA) is 46.2 Å². The molecule has 2 rings (SSSR count). The molecule has 2 aliphatic carbocycles. The Morgan fingerprint density at radius 3 is 2.15 bits per heavy atom. The third-order valence-corrected chi connectivity index (χ3v) is 6.59. The molecule has 0 radical (unpaired) electrons. The van der Waals surface area contributed by atoms with Gasteiger partial charge in [0, 0.05) is 12.0 Å². The van der Waals surface area contributed by atoms with Crippen molar-refractivity contribution in [2.45, 2.75) is 78.2 Å². The van der Waals surface area contributed by atoms with E-state index in [9.17, 15) is 5.11 Å². The summed E-state index contributed by atoms with van der Waals surface area (Å²) in [6.45, 7) is 9.86. The van der Waals surface area contributed by atoms with Gasteiger partial charge in [-0.05, 0) is 49.4 Å². The van der Waals surface area contributed by atoms with Crippen LogP contribution in [0.5, 0.6) is 0 Å². The summed E-state index contributed by atoms with van der Waals surface area (Å²) < 4.78 is 0. The molecule has 2 aliphatic rings. The predicted octanol–water partition coefficient (Wildman–Crippen LogP) is 3.96. The molecule has 0 spiro atoms. The lowest BCUT2D eigenvalue weighted by atomic mass is 9.51. The lowest BCUT2D eigenvalue weighted by Gasteiger charge is -2.57. The summed E-state index contributed by atoms with van der Waals surface area (Å²) >= 11 is 0. The highest BCUT2D eigenvalue weighted by molar-refractivity contribution is 5.07. The molecule has 0 bridgehead atoms. The maximum absolute atomic E-state index is 11.8. The Kier molecular flexibility index (Phi) is 4.86. The van der Waals surface area contributed by atoms with Crippen molar-refractivity contribution in [3.63, 3.8) is 0 Å². The van der Waals surface area contributed by atoms with Crippen LogP contribution >= 0.6 is 0 Å². The van der Waals surface area contributed by atoms with Gasteiger partial charge >= 0.3 is 0 Å². The molecule has 0 aromatic rings. The highest BCUT2D eigenvalue weighted by Crippen LogP contribution is 2.56. The number of hydrogen-bond acceptors (Lipinski definition) is 2. The van der Waals surface area contributed by atoms with Crippen molar-refractivity contribution in [3.8, 4) is 0 Å². The van der Waals surface area contributed by atoms with Crippen LogP contribution in [-0.2, 0) is 0 Å². The van der Waals surface area contributed by atoms with Crippen LogP contribution < -0.4 is 5.73 Å². The Balaban J connectivity index is 2.31. The number of aliphatic hydroxyl groups is 1. The minimum atomic E-state index is -0.534. The van der Waals surface area contributed by atoms with Gasteiger partial charge in [-0.15, -0.1) is 0 Å². The van der Waals surface area contributed by atoms with Gasteiger partial charge in [-0.25, -0.2) is 0 Å². The zero-order valence-corrected chi connectivity index (χ0v) is 14.0. The van der Waals surface area contributed by atoms with Crippen LogP contribution in [0, 0.1) is 29.1 Å². The third kappa shape index (κ3) is 2.66. The SMILES string of the molecule is CC1CCC(CN)(C2(O)CC(C)CCC2C(C)C)CC1. The number of hydrogen-bond donors (Lipinski definition) is 2. The van der Waals surface area contributed by atoms with E-state index >= 15 is 0 Å². The molecule has 3 atom stereocenters. The van der Waals surface area contributed by atoms with Crippen molar-refractivity contribution >= 4 is 0 Å². The molecule has 2 heteroatoms. The summed E-state index contributed by atoms with van der Waals surface area (Å²) in [5.74, 6) is 2.42. The first-order valence-electron chi connectivity index (χ1n) is 8.77. The van der Waals surface area contributed by atoms with Gasteiger partial charge in [0.25, 0.3) is 0 Å². The first-order valence-corrected chi connectivity index (χ1v) is 8.77. The molecular weight excluding hydrogens is 246 g/mol. The van der Waals surface area contributed by atoms with E-state index in [0.29, 0.717) is 24.3 Å². The monoisotopic (exact) mass is 281 g/mol. The first-order chi connectivity index (χ1) is 9.34. The summed E-state index contributed by atoms with van der Waals surface area (Å²) in [7, 11) is 0. The lowest BCUT2D eigenvalue weighted by molar-refractivity contribution is -0.180. The smallest absolute Gasteiger partial charge is 0.0748 e. The molecular formula is C18H35NO. The van der Waals surface area contributed by atoms with Gasteiger partial charge in [-0.2, -0.15) is 0 Å². The van der Waals surface area contributed by atoms with Crippen LogP contribution in [0.2, 0.25) is 0 Å². The largest absolute Gasteiger partial charge is 0.389 e. The number of rotatable bonds is 3. The average molecular weight is 281 g/mol. The Morgan fingerprint density at radius 1 is 1.05 bits per heavy atom. The first kappa shape index (κ1) is 16.3. The molecule has 0 aliphatic heterocycles. The molecule has 2 fully saturated rings. The Labute approximate surface area is 125 Å². The minimum absolute atomic E-state index is 0.0247. The van der Waals surface area contributed by atoms with Crippen molar-refractivity contribution in [2.24, 2.45) is 34.8 Å².